The van der Waals surface area contributed by atoms with Gasteiger partial charge in [-0.05, 0) is 25.0 Å². The van der Waals surface area contributed by atoms with Gasteiger partial charge in [-0.25, -0.2) is 18.1 Å². The molecule has 1 rings (SSSR count). The number of nitrogen functional groups attached to an aromatic ring is 1. The molecule has 0 saturated carbocycles. The fourth-order valence-electron chi connectivity index (χ4n) is 1.58. The van der Waals surface area contributed by atoms with E-state index in [9.17, 15) is 8.42 Å². The average molecular weight is 302 g/mol. The van der Waals surface area contributed by atoms with Gasteiger partial charge in [-0.1, -0.05) is 13.8 Å². The third-order valence-electron chi connectivity index (χ3n) is 2.79. The van der Waals surface area contributed by atoms with Crippen molar-refractivity contribution < 1.29 is 13.2 Å². The molecule has 0 bridgehead atoms. The summed E-state index contributed by atoms with van der Waals surface area (Å²) in [5.41, 5.74) is 2.58. The molecule has 0 aliphatic rings. The maximum atomic E-state index is 12.4. The summed E-state index contributed by atoms with van der Waals surface area (Å²) in [6.45, 7) is 6.55. The zero-order chi connectivity index (χ0) is 15.2. The number of hydrogen-bond donors (Lipinski definition) is 3. The lowest BCUT2D eigenvalue weighted by molar-refractivity contribution is 0.116. The SMILES string of the molecule is CCOCC(NS(=O)(=O)c1ncccc1NN)C(C)C. The van der Waals surface area contributed by atoms with E-state index in [2.05, 4.69) is 15.1 Å². The van der Waals surface area contributed by atoms with Gasteiger partial charge in [-0.3, -0.25) is 5.84 Å². The van der Waals surface area contributed by atoms with Crippen LogP contribution in [0.1, 0.15) is 20.8 Å². The van der Waals surface area contributed by atoms with Gasteiger partial charge in [0.25, 0.3) is 10.0 Å². The quantitative estimate of drug-likeness (QED) is 0.482. The van der Waals surface area contributed by atoms with Crippen LogP contribution in [0.2, 0.25) is 0 Å². The summed E-state index contributed by atoms with van der Waals surface area (Å²) in [5.74, 6) is 5.40. The van der Waals surface area contributed by atoms with Crippen molar-refractivity contribution in [3.8, 4) is 0 Å². The first-order valence-corrected chi connectivity index (χ1v) is 7.92. The summed E-state index contributed by atoms with van der Waals surface area (Å²) in [5, 5.41) is -0.121. The molecular formula is C12H22N4O3S. The van der Waals surface area contributed by atoms with E-state index in [1.165, 1.54) is 6.20 Å². The lowest BCUT2D eigenvalue weighted by Gasteiger charge is -2.22. The molecule has 0 aliphatic carbocycles. The van der Waals surface area contributed by atoms with Crippen LogP contribution in [0.15, 0.2) is 23.4 Å². The number of rotatable bonds is 8. The number of hydrazine groups is 1. The van der Waals surface area contributed by atoms with E-state index in [-0.39, 0.29) is 22.7 Å². The summed E-state index contributed by atoms with van der Waals surface area (Å²) in [7, 11) is -3.76. The van der Waals surface area contributed by atoms with Crippen molar-refractivity contribution in [2.75, 3.05) is 18.6 Å². The number of nitrogens with zero attached hydrogens (tertiary/aromatic N) is 1. The Kier molecular flexibility index (Phi) is 6.34. The maximum absolute atomic E-state index is 12.4. The molecule has 0 aromatic carbocycles. The van der Waals surface area contributed by atoms with Gasteiger partial charge in [-0.2, -0.15) is 0 Å². The first-order valence-electron chi connectivity index (χ1n) is 6.44. The van der Waals surface area contributed by atoms with Gasteiger partial charge in [0, 0.05) is 18.8 Å². The molecule has 20 heavy (non-hydrogen) atoms. The Balaban J connectivity index is 2.97. The molecule has 7 nitrogen and oxygen atoms in total. The highest BCUT2D eigenvalue weighted by atomic mass is 32.2. The second-order valence-corrected chi connectivity index (χ2v) is 6.26. The number of sulfonamides is 1. The Morgan fingerprint density at radius 2 is 2.15 bits per heavy atom. The first-order chi connectivity index (χ1) is 9.42. The van der Waals surface area contributed by atoms with Crippen molar-refractivity contribution in [2.45, 2.75) is 31.8 Å². The van der Waals surface area contributed by atoms with Gasteiger partial charge in [0.15, 0.2) is 5.03 Å². The second kappa shape index (κ2) is 7.53. The number of ether oxygens (including phenoxy) is 1. The molecule has 8 heteroatoms. The third-order valence-corrected chi connectivity index (χ3v) is 4.24. The van der Waals surface area contributed by atoms with Gasteiger partial charge in [0.1, 0.15) is 0 Å². The first kappa shape index (κ1) is 16.8. The van der Waals surface area contributed by atoms with Crippen molar-refractivity contribution in [1.82, 2.24) is 9.71 Å². The minimum Gasteiger partial charge on any atom is -0.380 e. The van der Waals surface area contributed by atoms with E-state index in [0.717, 1.165) is 0 Å². The largest absolute Gasteiger partial charge is 0.380 e. The molecule has 1 aromatic rings. The minimum absolute atomic E-state index is 0.0920. The van der Waals surface area contributed by atoms with E-state index in [1.807, 2.05) is 20.8 Å². The standard InChI is InChI=1S/C12H22N4O3S/c1-4-19-8-11(9(2)3)16-20(17,18)12-10(15-13)6-5-7-14-12/h5-7,9,11,15-16H,4,8,13H2,1-3H3. The molecule has 1 aromatic heterocycles. The number of hydrogen-bond acceptors (Lipinski definition) is 6. The van der Waals surface area contributed by atoms with Crippen molar-refractivity contribution in [1.29, 1.82) is 0 Å². The fraction of sp³-hybridized carbons (Fsp3) is 0.583. The van der Waals surface area contributed by atoms with E-state index < -0.39 is 10.0 Å². The summed E-state index contributed by atoms with van der Waals surface area (Å²) in [4.78, 5) is 3.88. The van der Waals surface area contributed by atoms with E-state index in [0.29, 0.717) is 13.2 Å². The zero-order valence-electron chi connectivity index (χ0n) is 12.0. The molecule has 0 aliphatic heterocycles. The Bertz CT molecular complexity index is 519. The normalized spacial score (nSPS) is 13.4. The van der Waals surface area contributed by atoms with Crippen LogP contribution in [-0.2, 0) is 14.8 Å². The Hall–Kier alpha value is -1.22. The Labute approximate surface area is 119 Å². The van der Waals surface area contributed by atoms with Gasteiger partial charge >= 0.3 is 0 Å². The van der Waals surface area contributed by atoms with Crippen LogP contribution in [0.25, 0.3) is 0 Å². The highest BCUT2D eigenvalue weighted by Crippen LogP contribution is 2.18. The van der Waals surface area contributed by atoms with Crippen molar-refractivity contribution in [3.63, 3.8) is 0 Å². The number of nitrogens with two attached hydrogens (primary N) is 1. The molecule has 1 heterocycles. The predicted molar refractivity (Wildman–Crippen MR) is 77.5 cm³/mol. The molecule has 0 spiro atoms. The van der Waals surface area contributed by atoms with Gasteiger partial charge < -0.3 is 10.2 Å². The number of nitrogens with one attached hydrogen (secondary N) is 2. The molecule has 0 radical (unpaired) electrons. The van der Waals surface area contributed by atoms with Crippen LogP contribution in [-0.4, -0.2) is 32.7 Å². The van der Waals surface area contributed by atoms with Gasteiger partial charge in [-0.15, -0.1) is 0 Å². The van der Waals surface area contributed by atoms with Crippen LogP contribution in [0.5, 0.6) is 0 Å². The average Bonchev–Trinajstić information content (AvgIpc) is 2.43. The Morgan fingerprint density at radius 3 is 2.70 bits per heavy atom. The molecule has 1 unspecified atom stereocenters. The molecule has 0 fully saturated rings. The maximum Gasteiger partial charge on any atom is 0.260 e. The van der Waals surface area contributed by atoms with Gasteiger partial charge in [0.2, 0.25) is 0 Å². The zero-order valence-corrected chi connectivity index (χ0v) is 12.8. The molecular weight excluding hydrogens is 280 g/mol. The van der Waals surface area contributed by atoms with E-state index in [1.54, 1.807) is 12.1 Å². The molecule has 114 valence electrons. The van der Waals surface area contributed by atoms with Crippen LogP contribution < -0.4 is 16.0 Å². The molecule has 4 N–H and O–H groups in total. The monoisotopic (exact) mass is 302 g/mol. The topological polar surface area (TPSA) is 106 Å². The highest BCUT2D eigenvalue weighted by Gasteiger charge is 2.25. The third kappa shape index (κ3) is 4.41. The molecule has 0 amide bonds. The lowest BCUT2D eigenvalue weighted by atomic mass is 10.1. The Morgan fingerprint density at radius 1 is 1.45 bits per heavy atom. The van der Waals surface area contributed by atoms with Gasteiger partial charge in [0.05, 0.1) is 12.3 Å². The van der Waals surface area contributed by atoms with Crippen LogP contribution in [0, 0.1) is 5.92 Å². The minimum atomic E-state index is -3.76. The number of pyridine rings is 1. The summed E-state index contributed by atoms with van der Waals surface area (Å²) < 4.78 is 32.6. The molecule has 0 saturated heterocycles. The molecule has 1 atom stereocenters. The second-order valence-electron chi connectivity index (χ2n) is 4.63. The highest BCUT2D eigenvalue weighted by molar-refractivity contribution is 7.89. The lowest BCUT2D eigenvalue weighted by Crippen LogP contribution is -2.42. The fourth-order valence-corrected chi connectivity index (χ4v) is 3.04. The summed E-state index contributed by atoms with van der Waals surface area (Å²) >= 11 is 0. The number of aromatic nitrogens is 1. The number of anilines is 1. The van der Waals surface area contributed by atoms with Crippen molar-refractivity contribution in [3.05, 3.63) is 18.3 Å². The van der Waals surface area contributed by atoms with Crippen LogP contribution >= 0.6 is 0 Å². The van der Waals surface area contributed by atoms with Crippen molar-refractivity contribution in [2.24, 2.45) is 11.8 Å². The van der Waals surface area contributed by atoms with Crippen LogP contribution in [0.3, 0.4) is 0 Å². The smallest absolute Gasteiger partial charge is 0.260 e. The van der Waals surface area contributed by atoms with E-state index in [4.69, 9.17) is 10.6 Å². The van der Waals surface area contributed by atoms with E-state index >= 15 is 0 Å². The predicted octanol–water partition coefficient (Wildman–Crippen LogP) is 0.707. The van der Waals surface area contributed by atoms with Crippen LogP contribution in [0.4, 0.5) is 5.69 Å². The van der Waals surface area contributed by atoms with Crippen molar-refractivity contribution >= 4 is 15.7 Å². The summed E-state index contributed by atoms with van der Waals surface area (Å²) in [6.07, 6.45) is 1.41. The summed E-state index contributed by atoms with van der Waals surface area (Å²) in [6, 6.07) is 2.83.